The fraction of sp³-hybridized carbons (Fsp3) is 0.511. The second kappa shape index (κ2) is 12.6. The highest BCUT2D eigenvalue weighted by Gasteiger charge is 2.74. The molecule has 2 spiro atoms. The van der Waals surface area contributed by atoms with Gasteiger partial charge in [-0.05, 0) is 116 Å². The van der Waals surface area contributed by atoms with E-state index in [9.17, 15) is 28.6 Å². The molecular weight excluding hydrogens is 688 g/mol. The number of amides is 1. The van der Waals surface area contributed by atoms with Gasteiger partial charge in [-0.2, -0.15) is 0 Å². The van der Waals surface area contributed by atoms with Gasteiger partial charge in [-0.3, -0.25) is 4.79 Å². The van der Waals surface area contributed by atoms with Gasteiger partial charge < -0.3 is 24.6 Å². The molecule has 0 aromatic heterocycles. The summed E-state index contributed by atoms with van der Waals surface area (Å²) in [7, 11) is 0. The zero-order valence-electron chi connectivity index (χ0n) is 31.0. The first-order valence-electron chi connectivity index (χ1n) is 19.7. The molecule has 3 aromatic rings. The van der Waals surface area contributed by atoms with Gasteiger partial charge in [0.1, 0.15) is 5.75 Å². The van der Waals surface area contributed by atoms with Gasteiger partial charge in [0.2, 0.25) is 0 Å². The molecule has 3 saturated carbocycles. The Morgan fingerprint density at radius 2 is 1.65 bits per heavy atom. The molecule has 1 aliphatic heterocycles. The number of ether oxygens (including phenoxy) is 2. The van der Waals surface area contributed by atoms with Crippen LogP contribution >= 0.6 is 0 Å². The lowest BCUT2D eigenvalue weighted by molar-refractivity contribution is -0.175. The summed E-state index contributed by atoms with van der Waals surface area (Å²) in [5.74, 6) is -2.17. The number of hydrogen-bond donors (Lipinski definition) is 2. The maximum atomic E-state index is 14.7. The number of aliphatic hydroxyl groups excluding tert-OH is 1. The molecule has 9 heteroatoms. The van der Waals surface area contributed by atoms with Crippen LogP contribution in [0.15, 0.2) is 84.5 Å². The van der Waals surface area contributed by atoms with E-state index in [4.69, 9.17) is 9.47 Å². The molecule has 0 radical (unpaired) electrons. The number of fused-ring (bicyclic) bond motifs is 2. The fourth-order valence-corrected chi connectivity index (χ4v) is 12.3. The standard InChI is InChI=1S/C45H49F2NO6/c1-41-16-13-31(49)24-43(41)19-20-45(34(25-43)39(50)30-10-12-35(46)36(47)23-30)37(41)14-17-42(2)38(45)15-18-44(42,52)27-48(26-33-8-5-21-53-33)40(51)54-32-11-9-28-6-3-4-7-29(28)22-32/h3-4,6-7,9-12,19-20,22-23,25,31,33,37-38,49,52H,5,8,13-18,21,24,26-27H2,1-2H3/t31?,33-,37-,38-,41-,42+,43+,44-,45-/m1/s1. The number of benzene rings is 3. The van der Waals surface area contributed by atoms with Gasteiger partial charge >= 0.3 is 6.09 Å². The van der Waals surface area contributed by atoms with E-state index in [2.05, 4.69) is 32.1 Å². The zero-order chi connectivity index (χ0) is 37.7. The molecule has 10 rings (SSSR count). The Balaban J connectivity index is 1.09. The van der Waals surface area contributed by atoms with Crippen LogP contribution in [0.2, 0.25) is 0 Å². The summed E-state index contributed by atoms with van der Waals surface area (Å²) in [5, 5.41) is 26.0. The lowest BCUT2D eigenvalue weighted by atomic mass is 9.32. The molecule has 284 valence electrons. The molecule has 7 nitrogen and oxygen atoms in total. The van der Waals surface area contributed by atoms with E-state index in [0.717, 1.165) is 48.6 Å². The first-order chi connectivity index (χ1) is 25.8. The summed E-state index contributed by atoms with van der Waals surface area (Å²) >= 11 is 0. The predicted molar refractivity (Wildman–Crippen MR) is 200 cm³/mol. The third kappa shape index (κ3) is 5.13. The average molecular weight is 738 g/mol. The Morgan fingerprint density at radius 1 is 0.889 bits per heavy atom. The predicted octanol–water partition coefficient (Wildman–Crippen LogP) is 8.57. The number of carbonyl (C=O) groups excluding carboxylic acids is 2. The minimum Gasteiger partial charge on any atom is -0.410 e. The van der Waals surface area contributed by atoms with Crippen molar-refractivity contribution in [2.75, 3.05) is 19.7 Å². The van der Waals surface area contributed by atoms with Crippen molar-refractivity contribution < 1.29 is 38.1 Å². The van der Waals surface area contributed by atoms with Crippen LogP contribution in [0.5, 0.6) is 5.75 Å². The van der Waals surface area contributed by atoms with E-state index < -0.39 is 45.7 Å². The monoisotopic (exact) mass is 737 g/mol. The van der Waals surface area contributed by atoms with Gasteiger partial charge in [-0.25, -0.2) is 13.6 Å². The van der Waals surface area contributed by atoms with E-state index >= 15 is 0 Å². The van der Waals surface area contributed by atoms with Crippen LogP contribution in [-0.2, 0) is 4.74 Å². The number of nitrogens with zero attached hydrogens (tertiary/aromatic N) is 1. The molecule has 6 aliphatic carbocycles. The second-order valence-electron chi connectivity index (χ2n) is 17.7. The Labute approximate surface area is 315 Å². The molecule has 1 unspecified atom stereocenters. The van der Waals surface area contributed by atoms with Crippen LogP contribution in [0, 0.1) is 45.1 Å². The lowest BCUT2D eigenvalue weighted by Crippen LogP contribution is -2.67. The van der Waals surface area contributed by atoms with Crippen molar-refractivity contribution in [3.05, 3.63) is 102 Å². The van der Waals surface area contributed by atoms with E-state index in [0.29, 0.717) is 50.0 Å². The number of aliphatic hydroxyl groups is 2. The Morgan fingerprint density at radius 3 is 2.43 bits per heavy atom. The van der Waals surface area contributed by atoms with E-state index in [-0.39, 0.29) is 47.8 Å². The molecule has 3 aromatic carbocycles. The number of Topliss-reactive ketones (excluding diaryl/α,β-unsaturated/α-hetero) is 1. The van der Waals surface area contributed by atoms with Crippen LogP contribution in [0.3, 0.4) is 0 Å². The number of hydrogen-bond acceptors (Lipinski definition) is 6. The van der Waals surface area contributed by atoms with E-state index in [1.807, 2.05) is 36.4 Å². The normalized spacial score (nSPS) is 37.7. The fourth-order valence-electron chi connectivity index (χ4n) is 12.3. The molecule has 9 atom stereocenters. The van der Waals surface area contributed by atoms with Crippen LogP contribution in [-0.4, -0.2) is 64.5 Å². The highest BCUT2D eigenvalue weighted by molar-refractivity contribution is 6.10. The first kappa shape index (κ1) is 35.8. The Kier molecular flexibility index (Phi) is 8.31. The van der Waals surface area contributed by atoms with Gasteiger partial charge in [0.25, 0.3) is 0 Å². The number of rotatable bonds is 7. The van der Waals surface area contributed by atoms with Gasteiger partial charge in [0.15, 0.2) is 17.4 Å². The number of halogens is 2. The minimum atomic E-state index is -1.32. The van der Waals surface area contributed by atoms with Crippen molar-refractivity contribution in [3.63, 3.8) is 0 Å². The van der Waals surface area contributed by atoms with Crippen molar-refractivity contribution >= 4 is 22.6 Å². The van der Waals surface area contributed by atoms with Crippen LogP contribution < -0.4 is 4.74 Å². The molecule has 4 fully saturated rings. The second-order valence-corrected chi connectivity index (χ2v) is 17.7. The molecule has 2 N–H and O–H groups in total. The number of carbonyl (C=O) groups is 2. The van der Waals surface area contributed by atoms with Gasteiger partial charge in [0.05, 0.1) is 30.9 Å². The summed E-state index contributed by atoms with van der Waals surface area (Å²) in [6.07, 6.45) is 11.3. The smallest absolute Gasteiger partial charge is 0.410 e. The van der Waals surface area contributed by atoms with E-state index in [1.54, 1.807) is 11.0 Å². The maximum absolute atomic E-state index is 14.7. The third-order valence-electron chi connectivity index (χ3n) is 15.2. The molecule has 1 amide bonds. The van der Waals surface area contributed by atoms with Crippen molar-refractivity contribution in [2.24, 2.45) is 33.5 Å². The van der Waals surface area contributed by atoms with Crippen LogP contribution in [0.4, 0.5) is 13.6 Å². The number of allylic oxidation sites excluding steroid dienone is 4. The summed E-state index contributed by atoms with van der Waals surface area (Å²) in [6.45, 7) is 5.36. The van der Waals surface area contributed by atoms with E-state index in [1.165, 1.54) is 6.07 Å². The molecular formula is C45H49F2NO6. The summed E-state index contributed by atoms with van der Waals surface area (Å²) < 4.78 is 40.8. The highest BCUT2D eigenvalue weighted by atomic mass is 19.2. The summed E-state index contributed by atoms with van der Waals surface area (Å²) in [4.78, 5) is 30.5. The third-order valence-corrected chi connectivity index (χ3v) is 15.2. The van der Waals surface area contributed by atoms with Crippen LogP contribution in [0.1, 0.15) is 82.0 Å². The summed E-state index contributed by atoms with van der Waals surface area (Å²) in [6, 6.07) is 16.8. The molecule has 54 heavy (non-hydrogen) atoms. The zero-order valence-corrected chi connectivity index (χ0v) is 31.0. The maximum Gasteiger partial charge on any atom is 0.415 e. The van der Waals surface area contributed by atoms with Gasteiger partial charge in [-0.15, -0.1) is 0 Å². The van der Waals surface area contributed by atoms with Gasteiger partial charge in [-0.1, -0.05) is 62.4 Å². The SMILES string of the molecule is C[C@]12CC[C@H]3[C@]4(C=C[C@@]5(C=C4C(=O)c4ccc(F)c(F)c4)CC(O)CC[C@]35C)[C@@H]1CC[C@@]2(O)CN(C[C@H]1CCCO1)C(=O)Oc1ccc2ccccc2c1. The minimum absolute atomic E-state index is 0.0260. The van der Waals surface area contributed by atoms with Crippen molar-refractivity contribution in [1.82, 2.24) is 4.90 Å². The molecule has 1 saturated heterocycles. The van der Waals surface area contributed by atoms with Crippen molar-refractivity contribution in [2.45, 2.75) is 89.4 Å². The van der Waals surface area contributed by atoms with Crippen LogP contribution in [0.25, 0.3) is 10.8 Å². The quantitative estimate of drug-likeness (QED) is 0.186. The molecule has 2 bridgehead atoms. The van der Waals surface area contributed by atoms with Crippen molar-refractivity contribution in [3.8, 4) is 5.75 Å². The molecule has 1 heterocycles. The van der Waals surface area contributed by atoms with Gasteiger partial charge in [0, 0.05) is 34.0 Å². The lowest BCUT2D eigenvalue weighted by Gasteiger charge is -2.71. The topological polar surface area (TPSA) is 96.3 Å². The highest BCUT2D eigenvalue weighted by Crippen LogP contribution is 2.78. The Hall–Kier alpha value is -3.92. The molecule has 7 aliphatic rings. The average Bonchev–Trinajstić information content (AvgIpc) is 3.77. The van der Waals surface area contributed by atoms with Crippen molar-refractivity contribution in [1.29, 1.82) is 0 Å². The number of ketones is 1. The Bertz CT molecular complexity index is 2090. The summed E-state index contributed by atoms with van der Waals surface area (Å²) in [5.41, 5.74) is -3.00. The first-order valence-corrected chi connectivity index (χ1v) is 19.7. The largest absolute Gasteiger partial charge is 0.415 e.